The Balaban J connectivity index is 2.27. The minimum absolute atomic E-state index is 0.0664. The van der Waals surface area contributed by atoms with Crippen LogP contribution >= 0.6 is 11.6 Å². The Hall–Kier alpha value is -1.50. The first-order valence-electron chi connectivity index (χ1n) is 6.16. The average molecular weight is 307 g/mol. The average Bonchev–Trinajstić information content (AvgIpc) is 2.81. The SMILES string of the molecule is CC(CCCCl)Nc1nccn2nc(C(F)(F)F)cc12. The lowest BCUT2D eigenvalue weighted by Crippen LogP contribution is -2.16. The van der Waals surface area contributed by atoms with E-state index in [-0.39, 0.29) is 6.04 Å². The summed E-state index contributed by atoms with van der Waals surface area (Å²) in [5.41, 5.74) is -0.625. The molecule has 0 radical (unpaired) electrons. The predicted octanol–water partition coefficient (Wildman–Crippen LogP) is 3.57. The number of nitrogens with one attached hydrogen (secondary N) is 1. The highest BCUT2D eigenvalue weighted by molar-refractivity contribution is 6.17. The molecular formula is C12H14ClF3N4. The standard InChI is InChI=1S/C12H14ClF3N4/c1-8(3-2-4-13)18-11-9-7-10(12(14,15)16)19-20(9)6-5-17-11/h5-8H,2-4H2,1H3,(H,17,18). The van der Waals surface area contributed by atoms with Crippen LogP contribution in [0.2, 0.25) is 0 Å². The lowest BCUT2D eigenvalue weighted by Gasteiger charge is -2.14. The number of anilines is 1. The number of fused-ring (bicyclic) bond motifs is 1. The van der Waals surface area contributed by atoms with E-state index in [9.17, 15) is 13.2 Å². The Morgan fingerprint density at radius 1 is 1.45 bits per heavy atom. The van der Waals surface area contributed by atoms with Gasteiger partial charge in [-0.1, -0.05) is 0 Å². The summed E-state index contributed by atoms with van der Waals surface area (Å²) in [6.45, 7) is 1.93. The molecule has 1 N–H and O–H groups in total. The van der Waals surface area contributed by atoms with E-state index in [4.69, 9.17) is 11.6 Å². The van der Waals surface area contributed by atoms with Gasteiger partial charge in [-0.25, -0.2) is 9.50 Å². The first kappa shape index (κ1) is 14.9. The van der Waals surface area contributed by atoms with Gasteiger partial charge in [0.1, 0.15) is 5.52 Å². The fourth-order valence-electron chi connectivity index (χ4n) is 1.86. The number of halogens is 4. The molecule has 0 fully saturated rings. The van der Waals surface area contributed by atoms with Crippen LogP contribution in [0.25, 0.3) is 5.52 Å². The van der Waals surface area contributed by atoms with Gasteiger partial charge in [-0.05, 0) is 19.8 Å². The van der Waals surface area contributed by atoms with Gasteiger partial charge in [0, 0.05) is 30.4 Å². The summed E-state index contributed by atoms with van der Waals surface area (Å²) in [6, 6.07) is 1.06. The molecule has 110 valence electrons. The molecule has 2 aromatic rings. The van der Waals surface area contributed by atoms with E-state index in [0.717, 1.165) is 18.9 Å². The van der Waals surface area contributed by atoms with Gasteiger partial charge in [-0.3, -0.25) is 0 Å². The molecule has 0 saturated heterocycles. The van der Waals surface area contributed by atoms with Gasteiger partial charge in [-0.2, -0.15) is 18.3 Å². The highest BCUT2D eigenvalue weighted by Crippen LogP contribution is 2.30. The van der Waals surface area contributed by atoms with Crippen LogP contribution in [0, 0.1) is 0 Å². The lowest BCUT2D eigenvalue weighted by atomic mass is 10.2. The van der Waals surface area contributed by atoms with E-state index >= 15 is 0 Å². The Morgan fingerprint density at radius 3 is 2.85 bits per heavy atom. The minimum atomic E-state index is -4.46. The third kappa shape index (κ3) is 3.33. The molecule has 0 saturated carbocycles. The van der Waals surface area contributed by atoms with Gasteiger partial charge in [0.2, 0.25) is 0 Å². The van der Waals surface area contributed by atoms with Crippen molar-refractivity contribution >= 4 is 22.9 Å². The molecule has 2 heterocycles. The van der Waals surface area contributed by atoms with Crippen LogP contribution in [0.1, 0.15) is 25.5 Å². The van der Waals surface area contributed by atoms with Gasteiger partial charge in [-0.15, -0.1) is 11.6 Å². The Morgan fingerprint density at radius 2 is 2.20 bits per heavy atom. The van der Waals surface area contributed by atoms with Crippen molar-refractivity contribution in [3.8, 4) is 0 Å². The van der Waals surface area contributed by atoms with Crippen molar-refractivity contribution in [1.29, 1.82) is 0 Å². The van der Waals surface area contributed by atoms with E-state index in [0.29, 0.717) is 17.2 Å². The first-order chi connectivity index (χ1) is 9.41. The van der Waals surface area contributed by atoms with Crippen LogP contribution in [0.5, 0.6) is 0 Å². The van der Waals surface area contributed by atoms with Crippen molar-refractivity contribution in [3.63, 3.8) is 0 Å². The number of aromatic nitrogens is 3. The molecule has 4 nitrogen and oxygen atoms in total. The summed E-state index contributed by atoms with van der Waals surface area (Å²) in [6.07, 6.45) is -0.0259. The van der Waals surface area contributed by atoms with Crippen LogP contribution in [0.4, 0.5) is 19.0 Å². The summed E-state index contributed by atoms with van der Waals surface area (Å²) < 4.78 is 39.1. The van der Waals surface area contributed by atoms with Crippen LogP contribution in [-0.4, -0.2) is 26.5 Å². The molecule has 0 aliphatic heterocycles. The van der Waals surface area contributed by atoms with Crippen molar-refractivity contribution in [2.45, 2.75) is 32.0 Å². The van der Waals surface area contributed by atoms with Gasteiger partial charge >= 0.3 is 6.18 Å². The molecular weight excluding hydrogens is 293 g/mol. The van der Waals surface area contributed by atoms with Crippen LogP contribution < -0.4 is 5.32 Å². The highest BCUT2D eigenvalue weighted by atomic mass is 35.5. The van der Waals surface area contributed by atoms with Crippen molar-refractivity contribution in [2.75, 3.05) is 11.2 Å². The summed E-state index contributed by atoms with van der Waals surface area (Å²) in [4.78, 5) is 4.08. The zero-order valence-corrected chi connectivity index (χ0v) is 11.5. The fourth-order valence-corrected chi connectivity index (χ4v) is 2.02. The number of nitrogens with zero attached hydrogens (tertiary/aromatic N) is 3. The molecule has 2 aromatic heterocycles. The maximum absolute atomic E-state index is 12.7. The van der Waals surface area contributed by atoms with Gasteiger partial charge in [0.05, 0.1) is 0 Å². The second-order valence-electron chi connectivity index (χ2n) is 4.51. The predicted molar refractivity (Wildman–Crippen MR) is 71.0 cm³/mol. The molecule has 2 rings (SSSR count). The fraction of sp³-hybridized carbons (Fsp3) is 0.500. The normalized spacial score (nSPS) is 13.7. The van der Waals surface area contributed by atoms with Gasteiger partial charge < -0.3 is 5.32 Å². The number of hydrogen-bond donors (Lipinski definition) is 1. The number of rotatable bonds is 5. The quantitative estimate of drug-likeness (QED) is 0.859. The number of hydrogen-bond acceptors (Lipinski definition) is 3. The molecule has 0 aliphatic carbocycles. The summed E-state index contributed by atoms with van der Waals surface area (Å²) in [7, 11) is 0. The molecule has 0 amide bonds. The highest BCUT2D eigenvalue weighted by Gasteiger charge is 2.34. The van der Waals surface area contributed by atoms with Crippen molar-refractivity contribution in [1.82, 2.24) is 14.6 Å². The first-order valence-corrected chi connectivity index (χ1v) is 6.69. The van der Waals surface area contributed by atoms with Crippen LogP contribution in [-0.2, 0) is 6.18 Å². The molecule has 0 bridgehead atoms. The second kappa shape index (κ2) is 5.87. The topological polar surface area (TPSA) is 42.2 Å². The Bertz CT molecular complexity index is 582. The maximum atomic E-state index is 12.7. The Kier molecular flexibility index (Phi) is 4.37. The summed E-state index contributed by atoms with van der Waals surface area (Å²) in [5, 5.41) is 6.59. The van der Waals surface area contributed by atoms with Gasteiger partial charge in [0.15, 0.2) is 11.5 Å². The molecule has 0 spiro atoms. The minimum Gasteiger partial charge on any atom is -0.366 e. The lowest BCUT2D eigenvalue weighted by molar-refractivity contribution is -0.141. The van der Waals surface area contributed by atoms with Crippen molar-refractivity contribution in [3.05, 3.63) is 24.2 Å². The van der Waals surface area contributed by atoms with E-state index in [1.807, 2.05) is 6.92 Å². The van der Waals surface area contributed by atoms with E-state index in [2.05, 4.69) is 15.4 Å². The summed E-state index contributed by atoms with van der Waals surface area (Å²) in [5.74, 6) is 0.937. The third-order valence-corrected chi connectivity index (χ3v) is 3.10. The van der Waals surface area contributed by atoms with Crippen LogP contribution in [0.3, 0.4) is 0 Å². The van der Waals surface area contributed by atoms with E-state index < -0.39 is 11.9 Å². The molecule has 1 atom stereocenters. The molecule has 0 aromatic carbocycles. The molecule has 0 aliphatic rings. The van der Waals surface area contributed by atoms with Crippen molar-refractivity contribution in [2.24, 2.45) is 0 Å². The molecule has 1 unspecified atom stereocenters. The van der Waals surface area contributed by atoms with Gasteiger partial charge in [0.25, 0.3) is 0 Å². The number of alkyl halides is 4. The van der Waals surface area contributed by atoms with E-state index in [1.54, 1.807) is 0 Å². The maximum Gasteiger partial charge on any atom is 0.435 e. The third-order valence-electron chi connectivity index (χ3n) is 2.83. The Labute approximate surface area is 118 Å². The largest absolute Gasteiger partial charge is 0.435 e. The second-order valence-corrected chi connectivity index (χ2v) is 4.89. The molecule has 8 heteroatoms. The zero-order valence-electron chi connectivity index (χ0n) is 10.8. The smallest absolute Gasteiger partial charge is 0.366 e. The zero-order chi connectivity index (χ0) is 14.8. The van der Waals surface area contributed by atoms with E-state index in [1.165, 1.54) is 16.9 Å². The monoisotopic (exact) mass is 306 g/mol. The summed E-state index contributed by atoms with van der Waals surface area (Å²) >= 11 is 5.61. The molecule has 20 heavy (non-hydrogen) atoms. The van der Waals surface area contributed by atoms with Crippen LogP contribution in [0.15, 0.2) is 18.5 Å². The van der Waals surface area contributed by atoms with Crippen molar-refractivity contribution < 1.29 is 13.2 Å².